The largest absolute Gasteiger partial charge is 0.493 e. The van der Waals surface area contributed by atoms with Gasteiger partial charge in [0.05, 0.1) is 12.4 Å². The van der Waals surface area contributed by atoms with Gasteiger partial charge in [0.15, 0.2) is 0 Å². The summed E-state index contributed by atoms with van der Waals surface area (Å²) in [7, 11) is -2.92. The van der Waals surface area contributed by atoms with Crippen molar-refractivity contribution < 1.29 is 13.2 Å². The maximum atomic E-state index is 11.1. The van der Waals surface area contributed by atoms with E-state index in [2.05, 4.69) is 28.1 Å². The minimum Gasteiger partial charge on any atom is -0.493 e. The lowest BCUT2D eigenvalue weighted by atomic mass is 10.0. The fraction of sp³-hybridized carbons (Fsp3) is 0.333. The van der Waals surface area contributed by atoms with Crippen molar-refractivity contribution in [1.82, 2.24) is 0 Å². The predicted molar refractivity (Wildman–Crippen MR) is 86.4 cm³/mol. The van der Waals surface area contributed by atoms with Gasteiger partial charge in [-0.05, 0) is 23.3 Å². The molecule has 0 aliphatic rings. The molecular formula is C15H17BrO3S. The van der Waals surface area contributed by atoms with Crippen LogP contribution in [0.5, 0.6) is 5.75 Å². The molecule has 0 radical (unpaired) electrons. The van der Waals surface area contributed by atoms with Crippen LogP contribution >= 0.6 is 15.9 Å². The molecule has 0 fully saturated rings. The summed E-state index contributed by atoms with van der Waals surface area (Å²) in [6, 6.07) is 12.1. The molecule has 0 aliphatic carbocycles. The van der Waals surface area contributed by atoms with Gasteiger partial charge in [-0.1, -0.05) is 46.3 Å². The van der Waals surface area contributed by atoms with Gasteiger partial charge in [0, 0.05) is 17.1 Å². The van der Waals surface area contributed by atoms with Crippen molar-refractivity contribution in [2.45, 2.75) is 11.8 Å². The lowest BCUT2D eigenvalue weighted by molar-refractivity contribution is 0.316. The van der Waals surface area contributed by atoms with E-state index >= 15 is 0 Å². The van der Waals surface area contributed by atoms with Crippen LogP contribution in [0.4, 0.5) is 0 Å². The molecule has 0 unspecified atom stereocenters. The van der Waals surface area contributed by atoms with Crippen LogP contribution in [0.3, 0.4) is 0 Å². The van der Waals surface area contributed by atoms with Crippen LogP contribution in [0.1, 0.15) is 12.0 Å². The van der Waals surface area contributed by atoms with Crippen LogP contribution in [0.2, 0.25) is 0 Å². The first-order valence-corrected chi connectivity index (χ1v) is 9.56. The number of hydrogen-bond donors (Lipinski definition) is 0. The number of halogens is 1. The quantitative estimate of drug-likeness (QED) is 0.587. The zero-order valence-corrected chi connectivity index (χ0v) is 13.7. The fourth-order valence-electron chi connectivity index (χ4n) is 2.09. The summed E-state index contributed by atoms with van der Waals surface area (Å²) in [5.41, 5.74) is 1.10. The average Bonchev–Trinajstić information content (AvgIpc) is 2.42. The number of fused-ring (bicyclic) bond motifs is 1. The highest BCUT2D eigenvalue weighted by atomic mass is 79.9. The molecule has 0 spiro atoms. The summed E-state index contributed by atoms with van der Waals surface area (Å²) in [6.45, 7) is 0.408. The first kappa shape index (κ1) is 15.3. The van der Waals surface area contributed by atoms with Gasteiger partial charge in [-0.3, -0.25) is 0 Å². The second-order valence-electron chi connectivity index (χ2n) is 4.73. The molecule has 0 N–H and O–H groups in total. The Labute approximate surface area is 128 Å². The molecule has 0 aliphatic heterocycles. The van der Waals surface area contributed by atoms with Gasteiger partial charge < -0.3 is 4.74 Å². The maximum Gasteiger partial charge on any atom is 0.147 e. The van der Waals surface area contributed by atoms with Crippen LogP contribution in [-0.4, -0.2) is 27.0 Å². The van der Waals surface area contributed by atoms with E-state index in [0.717, 1.165) is 16.7 Å². The van der Waals surface area contributed by atoms with E-state index in [-0.39, 0.29) is 5.75 Å². The van der Waals surface area contributed by atoms with Gasteiger partial charge in [-0.15, -0.1) is 0 Å². The zero-order valence-electron chi connectivity index (χ0n) is 11.3. The van der Waals surface area contributed by atoms with Gasteiger partial charge in [-0.25, -0.2) is 8.42 Å². The normalized spacial score (nSPS) is 11.7. The van der Waals surface area contributed by atoms with Crippen LogP contribution < -0.4 is 4.74 Å². The van der Waals surface area contributed by atoms with E-state index in [1.54, 1.807) is 0 Å². The monoisotopic (exact) mass is 356 g/mol. The first-order valence-electron chi connectivity index (χ1n) is 6.38. The average molecular weight is 357 g/mol. The molecule has 20 heavy (non-hydrogen) atoms. The van der Waals surface area contributed by atoms with E-state index in [0.29, 0.717) is 18.4 Å². The summed E-state index contributed by atoms with van der Waals surface area (Å²) < 4.78 is 27.9. The number of rotatable bonds is 6. The summed E-state index contributed by atoms with van der Waals surface area (Å²) >= 11 is 3.49. The number of ether oxygens (including phenoxy) is 1. The molecule has 0 atom stereocenters. The third kappa shape index (κ3) is 3.96. The Kier molecular flexibility index (Phi) is 5.05. The smallest absolute Gasteiger partial charge is 0.147 e. The Hall–Kier alpha value is -1.07. The Morgan fingerprint density at radius 3 is 2.60 bits per heavy atom. The molecule has 0 heterocycles. The van der Waals surface area contributed by atoms with Crippen LogP contribution in [0.25, 0.3) is 10.8 Å². The molecule has 2 aromatic rings. The second kappa shape index (κ2) is 6.59. The molecule has 108 valence electrons. The lowest BCUT2D eigenvalue weighted by Gasteiger charge is -2.12. The highest BCUT2D eigenvalue weighted by Crippen LogP contribution is 2.30. The lowest BCUT2D eigenvalue weighted by Crippen LogP contribution is -2.08. The van der Waals surface area contributed by atoms with Crippen molar-refractivity contribution in [1.29, 1.82) is 0 Å². The Bertz CT molecular complexity index is 695. The van der Waals surface area contributed by atoms with Gasteiger partial charge in [0.2, 0.25) is 0 Å². The second-order valence-corrected chi connectivity index (χ2v) is 7.55. The Morgan fingerprint density at radius 2 is 1.90 bits per heavy atom. The summed E-state index contributed by atoms with van der Waals surface area (Å²) in [6.07, 6.45) is 1.75. The number of sulfone groups is 1. The highest BCUT2D eigenvalue weighted by Gasteiger charge is 2.08. The van der Waals surface area contributed by atoms with Crippen LogP contribution in [0, 0.1) is 0 Å². The minimum absolute atomic E-state index is 0.157. The molecule has 5 heteroatoms. The number of hydrogen-bond acceptors (Lipinski definition) is 3. The van der Waals surface area contributed by atoms with Crippen LogP contribution in [-0.2, 0) is 15.2 Å². The van der Waals surface area contributed by atoms with E-state index < -0.39 is 9.84 Å². The summed E-state index contributed by atoms with van der Waals surface area (Å²) in [5.74, 6) is 0.971. The molecule has 0 bridgehead atoms. The van der Waals surface area contributed by atoms with Crippen molar-refractivity contribution >= 4 is 36.5 Å². The van der Waals surface area contributed by atoms with E-state index in [4.69, 9.17) is 4.74 Å². The fourth-order valence-corrected chi connectivity index (χ4v) is 3.31. The maximum absolute atomic E-state index is 11.1. The van der Waals surface area contributed by atoms with Gasteiger partial charge in [0.1, 0.15) is 15.6 Å². The van der Waals surface area contributed by atoms with Crippen LogP contribution in [0.15, 0.2) is 36.4 Å². The van der Waals surface area contributed by atoms with Crippen molar-refractivity contribution in [3.8, 4) is 5.75 Å². The first-order chi connectivity index (χ1) is 9.51. The van der Waals surface area contributed by atoms with Crippen molar-refractivity contribution in [2.24, 2.45) is 0 Å². The minimum atomic E-state index is -2.92. The SMILES string of the molecule is CS(=O)(=O)CCCOc1ccc2ccccc2c1CBr. The topological polar surface area (TPSA) is 43.4 Å². The number of benzene rings is 2. The molecule has 2 rings (SSSR count). The predicted octanol–water partition coefficient (Wildman–Crippen LogP) is 3.55. The van der Waals surface area contributed by atoms with E-state index in [1.165, 1.54) is 11.6 Å². The highest BCUT2D eigenvalue weighted by molar-refractivity contribution is 9.08. The molecule has 2 aromatic carbocycles. The molecule has 0 saturated heterocycles. The van der Waals surface area contributed by atoms with Gasteiger partial charge in [0.25, 0.3) is 0 Å². The molecule has 3 nitrogen and oxygen atoms in total. The Balaban J connectivity index is 2.14. The van der Waals surface area contributed by atoms with Crippen molar-refractivity contribution in [2.75, 3.05) is 18.6 Å². The van der Waals surface area contributed by atoms with Gasteiger partial charge in [-0.2, -0.15) is 0 Å². The molecule has 0 aromatic heterocycles. The zero-order chi connectivity index (χ0) is 14.6. The molecular weight excluding hydrogens is 340 g/mol. The third-order valence-electron chi connectivity index (χ3n) is 3.05. The number of alkyl halides is 1. The third-order valence-corrected chi connectivity index (χ3v) is 4.64. The summed E-state index contributed by atoms with van der Waals surface area (Å²) in [5, 5.41) is 3.03. The Morgan fingerprint density at radius 1 is 1.15 bits per heavy atom. The van der Waals surface area contributed by atoms with E-state index in [9.17, 15) is 8.42 Å². The summed E-state index contributed by atoms with van der Waals surface area (Å²) in [4.78, 5) is 0. The van der Waals surface area contributed by atoms with Gasteiger partial charge >= 0.3 is 0 Å². The molecule has 0 saturated carbocycles. The van der Waals surface area contributed by atoms with Crippen molar-refractivity contribution in [3.63, 3.8) is 0 Å². The standard InChI is InChI=1S/C15H17BrO3S/c1-20(17,18)10-4-9-19-15-8-7-12-5-2-3-6-13(12)14(15)11-16/h2-3,5-8H,4,9-11H2,1H3. The van der Waals surface area contributed by atoms with E-state index in [1.807, 2.05) is 24.3 Å². The molecule has 0 amide bonds. The van der Waals surface area contributed by atoms with Crippen molar-refractivity contribution in [3.05, 3.63) is 42.0 Å².